The fraction of sp³-hybridized carbons (Fsp3) is 0.207. The summed E-state index contributed by atoms with van der Waals surface area (Å²) in [4.78, 5) is 30.3. The van der Waals surface area contributed by atoms with Crippen LogP contribution in [0.3, 0.4) is 0 Å². The molecule has 1 N–H and O–H groups in total. The minimum Gasteiger partial charge on any atom is -0.456 e. The van der Waals surface area contributed by atoms with Crippen molar-refractivity contribution in [2.45, 2.75) is 39.2 Å². The molecule has 178 valence electrons. The van der Waals surface area contributed by atoms with Crippen molar-refractivity contribution >= 4 is 17.6 Å². The Kier molecular flexibility index (Phi) is 7.11. The molecule has 35 heavy (non-hydrogen) atoms. The predicted octanol–water partition coefficient (Wildman–Crippen LogP) is 5.87. The minimum absolute atomic E-state index is 0.314. The van der Waals surface area contributed by atoms with Crippen LogP contribution in [-0.2, 0) is 17.6 Å². The first-order chi connectivity index (χ1) is 16.8. The van der Waals surface area contributed by atoms with Crippen LogP contribution in [0.1, 0.15) is 52.6 Å². The Morgan fingerprint density at radius 2 is 1.60 bits per heavy atom. The molecule has 0 saturated carbocycles. The molecule has 0 saturated heterocycles. The fourth-order valence-corrected chi connectivity index (χ4v) is 3.65. The topological polar surface area (TPSA) is 73.2 Å². The molecule has 0 spiro atoms. The Morgan fingerprint density at radius 1 is 0.886 bits per heavy atom. The van der Waals surface area contributed by atoms with E-state index in [1.807, 2.05) is 80.2 Å². The van der Waals surface area contributed by atoms with E-state index in [1.54, 1.807) is 18.2 Å². The molecule has 1 amide bonds. The zero-order valence-electron chi connectivity index (χ0n) is 20.2. The number of benzene rings is 2. The van der Waals surface area contributed by atoms with Gasteiger partial charge in [0.15, 0.2) is 0 Å². The van der Waals surface area contributed by atoms with E-state index in [9.17, 15) is 9.59 Å². The van der Waals surface area contributed by atoms with E-state index in [1.165, 1.54) is 11.8 Å². The second kappa shape index (κ2) is 10.4. The zero-order valence-corrected chi connectivity index (χ0v) is 20.2. The molecule has 6 nitrogen and oxygen atoms in total. The first kappa shape index (κ1) is 24.0. The van der Waals surface area contributed by atoms with Crippen molar-refractivity contribution in [2.24, 2.45) is 0 Å². The van der Waals surface area contributed by atoms with Gasteiger partial charge in [0, 0.05) is 18.6 Å². The summed E-state index contributed by atoms with van der Waals surface area (Å²) in [5, 5.41) is 2.90. The lowest BCUT2D eigenvalue weighted by Gasteiger charge is -2.21. The normalized spacial score (nSPS) is 11.2. The molecule has 4 rings (SSSR count). The van der Waals surface area contributed by atoms with Crippen LogP contribution < -0.4 is 5.32 Å². The van der Waals surface area contributed by atoms with Crippen molar-refractivity contribution < 1.29 is 14.3 Å². The first-order valence-electron chi connectivity index (χ1n) is 11.6. The number of nitrogens with zero attached hydrogens (tertiary/aromatic N) is 2. The van der Waals surface area contributed by atoms with Crippen molar-refractivity contribution in [3.8, 4) is 5.82 Å². The van der Waals surface area contributed by atoms with Gasteiger partial charge in [0.2, 0.25) is 0 Å². The highest BCUT2D eigenvalue weighted by Crippen LogP contribution is 2.23. The van der Waals surface area contributed by atoms with Crippen LogP contribution in [-0.4, -0.2) is 27.0 Å². The largest absolute Gasteiger partial charge is 0.456 e. The average Bonchev–Trinajstić information content (AvgIpc) is 3.37. The van der Waals surface area contributed by atoms with Gasteiger partial charge in [-0.15, -0.1) is 0 Å². The zero-order chi connectivity index (χ0) is 24.8. The molecule has 2 aromatic heterocycles. The van der Waals surface area contributed by atoms with E-state index >= 15 is 0 Å². The number of carbonyl (C=O) groups is 2. The van der Waals surface area contributed by atoms with E-state index in [0.717, 1.165) is 18.4 Å². The Hall–Kier alpha value is -4.19. The van der Waals surface area contributed by atoms with E-state index in [-0.39, 0.29) is 5.91 Å². The number of nitrogens with one attached hydrogen (secondary N) is 1. The van der Waals surface area contributed by atoms with Gasteiger partial charge in [-0.05, 0) is 81.1 Å². The van der Waals surface area contributed by atoms with Crippen LogP contribution in [0.15, 0.2) is 91.4 Å². The summed E-state index contributed by atoms with van der Waals surface area (Å²) in [5.74, 6) is -0.117. The Balaban J connectivity index is 1.56. The van der Waals surface area contributed by atoms with Gasteiger partial charge in [0.1, 0.15) is 11.4 Å². The number of pyridine rings is 1. The summed E-state index contributed by atoms with van der Waals surface area (Å²) in [6.07, 6.45) is 6.92. The molecule has 6 heteroatoms. The number of esters is 1. The lowest BCUT2D eigenvalue weighted by atomic mass is 10.0. The number of hydrogen-bond donors (Lipinski definition) is 1. The number of ether oxygens (including phenoxy) is 1. The SMILES string of the molecule is CC(C)(C)OC(=O)c1ccc(CCc2ccccc2)cc1NC(=O)c1ccc(-n2cccc2)nc1. The van der Waals surface area contributed by atoms with Gasteiger partial charge in [-0.1, -0.05) is 36.4 Å². The predicted molar refractivity (Wildman–Crippen MR) is 137 cm³/mol. The fourth-order valence-electron chi connectivity index (χ4n) is 3.65. The summed E-state index contributed by atoms with van der Waals surface area (Å²) in [5.41, 5.74) is 2.71. The third-order valence-corrected chi connectivity index (χ3v) is 5.38. The first-order valence-corrected chi connectivity index (χ1v) is 11.6. The molecule has 2 aromatic carbocycles. The molecule has 4 aromatic rings. The molecular weight excluding hydrogens is 438 g/mol. The van der Waals surface area contributed by atoms with Crippen molar-refractivity contribution in [1.29, 1.82) is 0 Å². The molecule has 0 aliphatic carbocycles. The molecule has 0 radical (unpaired) electrons. The standard InChI is InChI=1S/C29H29N3O3/c1-29(2,3)35-28(34)24-15-13-22(12-11-21-9-5-4-6-10-21)19-25(24)31-27(33)23-14-16-26(30-20-23)32-17-7-8-18-32/h4-10,13-20H,11-12H2,1-3H3,(H,31,33). The van der Waals surface area contributed by atoms with E-state index in [4.69, 9.17) is 4.74 Å². The Bertz CT molecular complexity index is 1290. The highest BCUT2D eigenvalue weighted by atomic mass is 16.6. The van der Waals surface area contributed by atoms with Gasteiger partial charge >= 0.3 is 5.97 Å². The van der Waals surface area contributed by atoms with Gasteiger partial charge in [0.05, 0.1) is 16.8 Å². The number of hydrogen-bond acceptors (Lipinski definition) is 4. The molecule has 0 bridgehead atoms. The maximum absolute atomic E-state index is 13.1. The average molecular weight is 468 g/mol. The van der Waals surface area contributed by atoms with Crippen molar-refractivity contribution in [3.63, 3.8) is 0 Å². The Morgan fingerprint density at radius 3 is 2.26 bits per heavy atom. The van der Waals surface area contributed by atoms with Gasteiger partial charge in [0.25, 0.3) is 5.91 Å². The van der Waals surface area contributed by atoms with Gasteiger partial charge < -0.3 is 14.6 Å². The van der Waals surface area contributed by atoms with E-state index < -0.39 is 11.6 Å². The molecule has 0 unspecified atom stereocenters. The highest BCUT2D eigenvalue weighted by Gasteiger charge is 2.22. The van der Waals surface area contributed by atoms with Gasteiger partial charge in [-0.2, -0.15) is 0 Å². The second-order valence-corrected chi connectivity index (χ2v) is 9.32. The van der Waals surface area contributed by atoms with Gasteiger partial charge in [-0.3, -0.25) is 4.79 Å². The lowest BCUT2D eigenvalue weighted by molar-refractivity contribution is 0.00707. The Labute approximate surface area is 205 Å². The van der Waals surface area contributed by atoms with Crippen LogP contribution in [0.5, 0.6) is 0 Å². The lowest BCUT2D eigenvalue weighted by Crippen LogP contribution is -2.25. The van der Waals surface area contributed by atoms with Crippen LogP contribution in [0, 0.1) is 0 Å². The molecule has 0 aliphatic heterocycles. The number of aryl methyl sites for hydroxylation is 2. The number of rotatable bonds is 7. The van der Waals surface area contributed by atoms with Crippen molar-refractivity contribution in [1.82, 2.24) is 9.55 Å². The molecule has 0 atom stereocenters. The van der Waals surface area contributed by atoms with Crippen LogP contribution >= 0.6 is 0 Å². The van der Waals surface area contributed by atoms with E-state index in [2.05, 4.69) is 22.4 Å². The third kappa shape index (κ3) is 6.44. The number of carbonyl (C=O) groups excluding carboxylic acids is 2. The number of aromatic nitrogens is 2. The van der Waals surface area contributed by atoms with E-state index in [0.29, 0.717) is 22.6 Å². The maximum Gasteiger partial charge on any atom is 0.340 e. The quantitative estimate of drug-likeness (QED) is 0.345. The second-order valence-electron chi connectivity index (χ2n) is 9.32. The number of amides is 1. The molecular formula is C29H29N3O3. The maximum atomic E-state index is 13.1. The monoisotopic (exact) mass is 467 g/mol. The number of anilines is 1. The van der Waals surface area contributed by atoms with Crippen molar-refractivity contribution in [2.75, 3.05) is 5.32 Å². The molecule has 2 heterocycles. The van der Waals surface area contributed by atoms with Crippen LogP contribution in [0.2, 0.25) is 0 Å². The smallest absolute Gasteiger partial charge is 0.340 e. The third-order valence-electron chi connectivity index (χ3n) is 5.38. The van der Waals surface area contributed by atoms with Gasteiger partial charge in [-0.25, -0.2) is 9.78 Å². The summed E-state index contributed by atoms with van der Waals surface area (Å²) >= 11 is 0. The van der Waals surface area contributed by atoms with Crippen molar-refractivity contribution in [3.05, 3.63) is 114 Å². The summed E-state index contributed by atoms with van der Waals surface area (Å²) < 4.78 is 7.43. The summed E-state index contributed by atoms with van der Waals surface area (Å²) in [6, 6.07) is 23.0. The minimum atomic E-state index is -0.650. The van der Waals surface area contributed by atoms with Crippen LogP contribution in [0.25, 0.3) is 5.82 Å². The highest BCUT2D eigenvalue weighted by molar-refractivity contribution is 6.08. The van der Waals surface area contributed by atoms with Crippen LogP contribution in [0.4, 0.5) is 5.69 Å². The molecule has 0 aliphatic rings. The summed E-state index contributed by atoms with van der Waals surface area (Å²) in [7, 11) is 0. The molecule has 0 fully saturated rings. The summed E-state index contributed by atoms with van der Waals surface area (Å²) in [6.45, 7) is 5.44.